The van der Waals surface area contributed by atoms with Crippen molar-refractivity contribution in [2.24, 2.45) is 7.05 Å². The van der Waals surface area contributed by atoms with Gasteiger partial charge in [0.1, 0.15) is 17.5 Å². The number of fused-ring (bicyclic) bond motifs is 1. The number of hydrogen-bond donors (Lipinski definition) is 1. The van der Waals surface area contributed by atoms with Crippen molar-refractivity contribution in [2.45, 2.75) is 0 Å². The van der Waals surface area contributed by atoms with Crippen LogP contribution in [0.5, 0.6) is 0 Å². The molecule has 0 saturated carbocycles. The molecule has 0 bridgehead atoms. The van der Waals surface area contributed by atoms with Gasteiger partial charge in [-0.15, -0.1) is 0 Å². The first-order chi connectivity index (χ1) is 9.06. The maximum atomic E-state index is 13.5. The minimum atomic E-state index is -0.490. The second-order valence-corrected chi connectivity index (χ2v) is 4.36. The zero-order chi connectivity index (χ0) is 13.6. The average Bonchev–Trinajstić information content (AvgIpc) is 2.70. The molecule has 0 fully saturated rings. The predicted molar refractivity (Wildman–Crippen MR) is 70.5 cm³/mol. The molecule has 0 spiro atoms. The van der Waals surface area contributed by atoms with Crippen molar-refractivity contribution in [3.63, 3.8) is 0 Å². The molecule has 2 aromatic carbocycles. The summed E-state index contributed by atoms with van der Waals surface area (Å²) < 4.78 is 28.5. The molecule has 3 nitrogen and oxygen atoms in total. The molecule has 0 atom stereocenters. The molecule has 1 aromatic heterocycles. The van der Waals surface area contributed by atoms with Gasteiger partial charge in [-0.1, -0.05) is 0 Å². The molecule has 19 heavy (non-hydrogen) atoms. The Hall–Kier alpha value is -2.43. The first-order valence-corrected chi connectivity index (χ1v) is 5.73. The lowest BCUT2D eigenvalue weighted by atomic mass is 10.2. The molecule has 0 aliphatic carbocycles. The van der Waals surface area contributed by atoms with Crippen molar-refractivity contribution < 1.29 is 8.78 Å². The Morgan fingerprint density at radius 1 is 1.11 bits per heavy atom. The number of nitrogen functional groups attached to an aromatic ring is 1. The molecular formula is C14H11F2N3. The van der Waals surface area contributed by atoms with E-state index in [2.05, 4.69) is 4.98 Å². The molecule has 0 amide bonds. The molecule has 3 aromatic rings. The Morgan fingerprint density at radius 3 is 2.63 bits per heavy atom. The Balaban J connectivity index is 2.24. The van der Waals surface area contributed by atoms with Crippen molar-refractivity contribution in [3.8, 4) is 11.4 Å². The van der Waals surface area contributed by atoms with Gasteiger partial charge in [0.05, 0.1) is 16.7 Å². The molecule has 0 saturated heterocycles. The average molecular weight is 259 g/mol. The zero-order valence-corrected chi connectivity index (χ0v) is 10.2. The number of hydrogen-bond acceptors (Lipinski definition) is 2. The highest BCUT2D eigenvalue weighted by atomic mass is 19.1. The van der Waals surface area contributed by atoms with Crippen LogP contribution >= 0.6 is 0 Å². The first-order valence-electron chi connectivity index (χ1n) is 5.73. The van der Waals surface area contributed by atoms with Crippen molar-refractivity contribution in [1.29, 1.82) is 0 Å². The summed E-state index contributed by atoms with van der Waals surface area (Å²) in [5, 5.41) is 0. The minimum absolute atomic E-state index is 0.0913. The molecule has 2 N–H and O–H groups in total. The van der Waals surface area contributed by atoms with Crippen LogP contribution in [0.3, 0.4) is 0 Å². The summed E-state index contributed by atoms with van der Waals surface area (Å²) in [6.07, 6.45) is 0. The van der Waals surface area contributed by atoms with Gasteiger partial charge in [0.15, 0.2) is 0 Å². The summed E-state index contributed by atoms with van der Waals surface area (Å²) in [4.78, 5) is 4.33. The van der Waals surface area contributed by atoms with Crippen molar-refractivity contribution in [3.05, 3.63) is 48.0 Å². The number of imidazole rings is 1. The van der Waals surface area contributed by atoms with Crippen molar-refractivity contribution >= 4 is 16.7 Å². The Labute approximate surface area is 108 Å². The number of nitrogens with two attached hydrogens (primary N) is 1. The van der Waals surface area contributed by atoms with E-state index in [-0.39, 0.29) is 11.5 Å². The van der Waals surface area contributed by atoms with Gasteiger partial charge in [-0.05, 0) is 30.3 Å². The summed E-state index contributed by atoms with van der Waals surface area (Å²) in [6, 6.07) is 8.88. The quantitative estimate of drug-likeness (QED) is 0.682. The second-order valence-electron chi connectivity index (χ2n) is 4.36. The summed E-state index contributed by atoms with van der Waals surface area (Å²) >= 11 is 0. The predicted octanol–water partition coefficient (Wildman–Crippen LogP) is 3.10. The number of nitrogens with zero attached hydrogens (tertiary/aromatic N) is 2. The van der Waals surface area contributed by atoms with Gasteiger partial charge in [0, 0.05) is 18.7 Å². The van der Waals surface area contributed by atoms with Crippen LogP contribution in [0.25, 0.3) is 22.4 Å². The van der Waals surface area contributed by atoms with Gasteiger partial charge in [-0.3, -0.25) is 0 Å². The van der Waals surface area contributed by atoms with Gasteiger partial charge < -0.3 is 10.3 Å². The molecule has 1 heterocycles. The molecule has 0 unspecified atom stereocenters. The third-order valence-electron chi connectivity index (χ3n) is 3.10. The van der Waals surface area contributed by atoms with E-state index in [1.807, 2.05) is 0 Å². The Kier molecular flexibility index (Phi) is 2.48. The normalized spacial score (nSPS) is 11.1. The fourth-order valence-corrected chi connectivity index (χ4v) is 2.10. The van der Waals surface area contributed by atoms with Crippen LogP contribution in [0.2, 0.25) is 0 Å². The molecule has 0 radical (unpaired) electrons. The monoisotopic (exact) mass is 259 g/mol. The van der Waals surface area contributed by atoms with E-state index < -0.39 is 5.82 Å². The van der Waals surface area contributed by atoms with Gasteiger partial charge >= 0.3 is 0 Å². The molecule has 0 aliphatic heterocycles. The number of aryl methyl sites for hydroxylation is 1. The van der Waals surface area contributed by atoms with Crippen LogP contribution in [0, 0.1) is 11.6 Å². The van der Waals surface area contributed by atoms with Crippen LogP contribution in [0.4, 0.5) is 14.5 Å². The van der Waals surface area contributed by atoms with E-state index in [9.17, 15) is 8.78 Å². The van der Waals surface area contributed by atoms with Crippen LogP contribution in [0.1, 0.15) is 0 Å². The number of rotatable bonds is 1. The summed E-state index contributed by atoms with van der Waals surface area (Å²) in [5.74, 6) is -0.268. The number of aromatic nitrogens is 2. The smallest absolute Gasteiger partial charge is 0.146 e. The highest BCUT2D eigenvalue weighted by Gasteiger charge is 2.11. The maximum Gasteiger partial charge on any atom is 0.146 e. The lowest BCUT2D eigenvalue weighted by Gasteiger charge is -2.03. The largest absolute Gasteiger partial charge is 0.396 e. The third kappa shape index (κ3) is 1.83. The summed E-state index contributed by atoms with van der Waals surface area (Å²) in [6.45, 7) is 0. The maximum absolute atomic E-state index is 13.5. The van der Waals surface area contributed by atoms with Gasteiger partial charge in [0.25, 0.3) is 0 Å². The van der Waals surface area contributed by atoms with Crippen molar-refractivity contribution in [1.82, 2.24) is 9.55 Å². The summed E-state index contributed by atoms with van der Waals surface area (Å²) in [5.41, 5.74) is 7.46. The number of anilines is 1. The highest BCUT2D eigenvalue weighted by molar-refractivity contribution is 5.80. The third-order valence-corrected chi connectivity index (χ3v) is 3.10. The van der Waals surface area contributed by atoms with Crippen LogP contribution in [-0.2, 0) is 7.05 Å². The standard InChI is InChI=1S/C14H11F2N3/c1-19-13-5-3-9(15)7-12(13)18-14(19)8-2-4-11(17)10(16)6-8/h2-7H,17H2,1H3. The van der Waals surface area contributed by atoms with Crippen molar-refractivity contribution in [2.75, 3.05) is 5.73 Å². The van der Waals surface area contributed by atoms with E-state index in [1.54, 1.807) is 23.7 Å². The van der Waals surface area contributed by atoms with Crippen LogP contribution in [-0.4, -0.2) is 9.55 Å². The van der Waals surface area contributed by atoms with E-state index in [0.717, 1.165) is 5.52 Å². The topological polar surface area (TPSA) is 43.8 Å². The number of halogens is 2. The molecule has 96 valence electrons. The zero-order valence-electron chi connectivity index (χ0n) is 10.2. The molecular weight excluding hydrogens is 248 g/mol. The molecule has 3 rings (SSSR count). The van der Waals surface area contributed by atoms with E-state index in [1.165, 1.54) is 24.3 Å². The van der Waals surface area contributed by atoms with Gasteiger partial charge in [-0.2, -0.15) is 0 Å². The lowest BCUT2D eigenvalue weighted by molar-refractivity contribution is 0.629. The number of benzene rings is 2. The van der Waals surface area contributed by atoms with E-state index in [4.69, 9.17) is 5.73 Å². The Morgan fingerprint density at radius 2 is 1.89 bits per heavy atom. The lowest BCUT2D eigenvalue weighted by Crippen LogP contribution is -1.95. The van der Waals surface area contributed by atoms with E-state index in [0.29, 0.717) is 16.9 Å². The molecule has 0 aliphatic rings. The Bertz CT molecular complexity index is 778. The fraction of sp³-hybridized carbons (Fsp3) is 0.0714. The minimum Gasteiger partial charge on any atom is -0.396 e. The highest BCUT2D eigenvalue weighted by Crippen LogP contribution is 2.26. The van der Waals surface area contributed by atoms with E-state index >= 15 is 0 Å². The fourth-order valence-electron chi connectivity index (χ4n) is 2.10. The second kappa shape index (κ2) is 4.05. The van der Waals surface area contributed by atoms with Gasteiger partial charge in [0.2, 0.25) is 0 Å². The van der Waals surface area contributed by atoms with Crippen LogP contribution in [0.15, 0.2) is 36.4 Å². The van der Waals surface area contributed by atoms with Gasteiger partial charge in [-0.25, -0.2) is 13.8 Å². The van der Waals surface area contributed by atoms with Crippen LogP contribution < -0.4 is 5.73 Å². The SMILES string of the molecule is Cn1c(-c2ccc(N)c(F)c2)nc2cc(F)ccc21. The molecule has 5 heteroatoms. The summed E-state index contributed by atoms with van der Waals surface area (Å²) in [7, 11) is 1.80. The first kappa shape index (κ1) is 11.6.